The summed E-state index contributed by atoms with van der Waals surface area (Å²) in [6.45, 7) is 7.31. The second-order valence-corrected chi connectivity index (χ2v) is 10.4. The molecule has 2 heterocycles. The first-order chi connectivity index (χ1) is 16.9. The Morgan fingerprint density at radius 2 is 1.80 bits per heavy atom. The number of fused-ring (bicyclic) bond motifs is 1. The van der Waals surface area contributed by atoms with Crippen LogP contribution in [0.5, 0.6) is 0 Å². The van der Waals surface area contributed by atoms with E-state index in [0.717, 1.165) is 59.5 Å². The summed E-state index contributed by atoms with van der Waals surface area (Å²) in [5, 5.41) is 15.5. The molecule has 1 fully saturated rings. The molecule has 2 amide bonds. The monoisotopic (exact) mass is 489 g/mol. The molecule has 1 aliphatic rings. The van der Waals surface area contributed by atoms with Crippen LogP contribution in [0.1, 0.15) is 30.8 Å². The van der Waals surface area contributed by atoms with Gasteiger partial charge in [-0.15, -0.1) is 11.8 Å². The number of amides is 2. The van der Waals surface area contributed by atoms with E-state index in [9.17, 15) is 9.59 Å². The van der Waals surface area contributed by atoms with Crippen molar-refractivity contribution in [2.75, 3.05) is 32.7 Å². The van der Waals surface area contributed by atoms with Crippen molar-refractivity contribution in [2.24, 2.45) is 5.92 Å². The van der Waals surface area contributed by atoms with E-state index in [0.29, 0.717) is 11.6 Å². The van der Waals surface area contributed by atoms with Crippen LogP contribution in [0, 0.1) is 17.2 Å². The summed E-state index contributed by atoms with van der Waals surface area (Å²) in [7, 11) is 0. The van der Waals surface area contributed by atoms with Gasteiger partial charge in [0.15, 0.2) is 0 Å². The van der Waals surface area contributed by atoms with Crippen molar-refractivity contribution in [2.45, 2.75) is 30.4 Å². The second-order valence-electron chi connectivity index (χ2n) is 9.16. The zero-order chi connectivity index (χ0) is 24.8. The molecule has 8 heteroatoms. The molecule has 0 saturated carbocycles. The Balaban J connectivity index is 1.48. The van der Waals surface area contributed by atoms with Crippen LogP contribution in [-0.2, 0) is 4.79 Å². The molecule has 35 heavy (non-hydrogen) atoms. The topological polar surface area (TPSA) is 101 Å². The van der Waals surface area contributed by atoms with Gasteiger partial charge in [0, 0.05) is 42.0 Å². The molecule has 0 aliphatic carbocycles. The third kappa shape index (κ3) is 6.24. The molecule has 7 nitrogen and oxygen atoms in total. The number of aromatic amines is 1. The van der Waals surface area contributed by atoms with Gasteiger partial charge >= 0.3 is 0 Å². The number of carbonyl (C=O) groups excluding carboxylic acids is 2. The smallest absolute Gasteiger partial charge is 0.270 e. The van der Waals surface area contributed by atoms with Gasteiger partial charge in [0.2, 0.25) is 5.91 Å². The number of carbonyl (C=O) groups is 2. The van der Waals surface area contributed by atoms with Crippen LogP contribution < -0.4 is 10.6 Å². The number of rotatable bonds is 8. The van der Waals surface area contributed by atoms with Gasteiger partial charge in [-0.2, -0.15) is 5.26 Å². The van der Waals surface area contributed by atoms with Crippen molar-refractivity contribution >= 4 is 34.5 Å². The molecular weight excluding hydrogens is 458 g/mol. The number of benzene rings is 2. The molecule has 0 bridgehead atoms. The highest BCUT2D eigenvalue weighted by Gasteiger charge is 2.21. The maximum atomic E-state index is 12.8. The van der Waals surface area contributed by atoms with Gasteiger partial charge < -0.3 is 20.5 Å². The number of hydrogen-bond donors (Lipinski definition) is 3. The van der Waals surface area contributed by atoms with Crippen LogP contribution in [0.15, 0.2) is 53.4 Å². The van der Waals surface area contributed by atoms with Gasteiger partial charge in [0.25, 0.3) is 5.91 Å². The molecule has 3 N–H and O–H groups in total. The number of hydrogen-bond acceptors (Lipinski definition) is 5. The van der Waals surface area contributed by atoms with Crippen LogP contribution in [0.2, 0.25) is 0 Å². The summed E-state index contributed by atoms with van der Waals surface area (Å²) < 4.78 is 0. The molecule has 0 radical (unpaired) electrons. The predicted octanol–water partition coefficient (Wildman–Crippen LogP) is 4.03. The van der Waals surface area contributed by atoms with Crippen LogP contribution in [0.3, 0.4) is 0 Å². The highest BCUT2D eigenvalue weighted by molar-refractivity contribution is 8.00. The fourth-order valence-corrected chi connectivity index (χ4v) is 5.53. The summed E-state index contributed by atoms with van der Waals surface area (Å²) in [6, 6.07) is 18.2. The van der Waals surface area contributed by atoms with Gasteiger partial charge in [0.05, 0.1) is 11.3 Å². The average Bonchev–Trinajstić information content (AvgIpc) is 3.30. The fraction of sp³-hybridized carbons (Fsp3) is 0.370. The third-order valence-electron chi connectivity index (χ3n) is 6.04. The van der Waals surface area contributed by atoms with E-state index in [-0.39, 0.29) is 23.6 Å². The molecule has 0 spiro atoms. The lowest BCUT2D eigenvalue weighted by molar-refractivity contribution is -0.120. The van der Waals surface area contributed by atoms with Gasteiger partial charge in [-0.05, 0) is 53.8 Å². The van der Waals surface area contributed by atoms with Crippen LogP contribution in [0.25, 0.3) is 22.0 Å². The van der Waals surface area contributed by atoms with Crippen molar-refractivity contribution in [3.05, 3.63) is 54.2 Å². The van der Waals surface area contributed by atoms with Gasteiger partial charge in [-0.25, -0.2) is 0 Å². The number of piperazine rings is 1. The van der Waals surface area contributed by atoms with Crippen molar-refractivity contribution in [3.63, 3.8) is 0 Å². The number of thioether (sulfide) groups is 1. The second kappa shape index (κ2) is 11.4. The SMILES string of the molecule is CC(C)CC(Sc1ccc(-c2ccc3[nH]c(C(=O)N4CCNCC4)cc3c2)cc1)C(=O)NCC#N. The quantitative estimate of drug-likeness (QED) is 0.328. The van der Waals surface area contributed by atoms with E-state index >= 15 is 0 Å². The molecular formula is C27H31N5O2S. The summed E-state index contributed by atoms with van der Waals surface area (Å²) >= 11 is 1.53. The zero-order valence-electron chi connectivity index (χ0n) is 20.1. The Morgan fingerprint density at radius 3 is 2.49 bits per heavy atom. The van der Waals surface area contributed by atoms with Crippen molar-refractivity contribution < 1.29 is 9.59 Å². The third-order valence-corrected chi connectivity index (χ3v) is 7.28. The first kappa shape index (κ1) is 24.8. The molecule has 1 atom stereocenters. The average molecular weight is 490 g/mol. The lowest BCUT2D eigenvalue weighted by atomic mass is 10.0. The van der Waals surface area contributed by atoms with Crippen LogP contribution in [-0.4, -0.2) is 59.7 Å². The molecule has 1 saturated heterocycles. The normalized spacial score (nSPS) is 14.6. The highest BCUT2D eigenvalue weighted by atomic mass is 32.2. The summed E-state index contributed by atoms with van der Waals surface area (Å²) in [5.41, 5.74) is 3.71. The van der Waals surface area contributed by atoms with Crippen molar-refractivity contribution in [1.82, 2.24) is 20.5 Å². The molecule has 1 unspecified atom stereocenters. The standard InChI is InChI=1S/C27H31N5O2S/c1-18(2)15-25(26(33)30-10-9-28)35-22-6-3-19(4-7-22)20-5-8-23-21(16-20)17-24(31-23)27(34)32-13-11-29-12-14-32/h3-8,16-18,25,29,31H,10-15H2,1-2H3,(H,30,33). The van der Waals surface area contributed by atoms with Gasteiger partial charge in [0.1, 0.15) is 12.2 Å². The van der Waals surface area contributed by atoms with E-state index in [1.807, 2.05) is 35.2 Å². The molecule has 182 valence electrons. The minimum absolute atomic E-state index is 0.0249. The lowest BCUT2D eigenvalue weighted by Gasteiger charge is -2.26. The van der Waals surface area contributed by atoms with E-state index < -0.39 is 0 Å². The number of nitriles is 1. The maximum absolute atomic E-state index is 12.8. The first-order valence-electron chi connectivity index (χ1n) is 12.0. The molecule has 1 aliphatic heterocycles. The molecule has 1 aromatic heterocycles. The number of nitrogens with zero attached hydrogens (tertiary/aromatic N) is 2. The number of aromatic nitrogens is 1. The maximum Gasteiger partial charge on any atom is 0.270 e. The summed E-state index contributed by atoms with van der Waals surface area (Å²) in [4.78, 5) is 31.5. The first-order valence-corrected chi connectivity index (χ1v) is 12.9. The number of nitrogens with one attached hydrogen (secondary N) is 3. The summed E-state index contributed by atoms with van der Waals surface area (Å²) in [5.74, 6) is 0.315. The Hall–Kier alpha value is -3.28. The number of H-pyrrole nitrogens is 1. The lowest BCUT2D eigenvalue weighted by Crippen LogP contribution is -2.46. The van der Waals surface area contributed by atoms with E-state index in [1.165, 1.54) is 11.8 Å². The summed E-state index contributed by atoms with van der Waals surface area (Å²) in [6.07, 6.45) is 0.739. The van der Waals surface area contributed by atoms with Crippen LogP contribution in [0.4, 0.5) is 0 Å². The van der Waals surface area contributed by atoms with E-state index in [1.54, 1.807) is 0 Å². The fourth-order valence-electron chi connectivity index (χ4n) is 4.23. The molecule has 4 rings (SSSR count). The minimum atomic E-state index is -0.239. The minimum Gasteiger partial charge on any atom is -0.351 e. The zero-order valence-corrected chi connectivity index (χ0v) is 21.0. The molecule has 3 aromatic rings. The van der Waals surface area contributed by atoms with Crippen molar-refractivity contribution in [3.8, 4) is 17.2 Å². The Morgan fingerprint density at radius 1 is 1.09 bits per heavy atom. The Kier molecular flexibility index (Phi) is 8.11. The Labute approximate surface area is 210 Å². The van der Waals surface area contributed by atoms with Gasteiger partial charge in [-0.3, -0.25) is 9.59 Å². The van der Waals surface area contributed by atoms with E-state index in [2.05, 4.69) is 53.7 Å². The van der Waals surface area contributed by atoms with Crippen LogP contribution >= 0.6 is 11.8 Å². The Bertz CT molecular complexity index is 1220. The van der Waals surface area contributed by atoms with Gasteiger partial charge in [-0.1, -0.05) is 32.0 Å². The van der Waals surface area contributed by atoms with E-state index in [4.69, 9.17) is 5.26 Å². The predicted molar refractivity (Wildman–Crippen MR) is 140 cm³/mol. The molecule has 2 aromatic carbocycles. The van der Waals surface area contributed by atoms with Crippen molar-refractivity contribution in [1.29, 1.82) is 5.26 Å². The highest BCUT2D eigenvalue weighted by Crippen LogP contribution is 2.31. The largest absolute Gasteiger partial charge is 0.351 e.